The van der Waals surface area contributed by atoms with Gasteiger partial charge in [-0.1, -0.05) is 24.3 Å². The largest absolute Gasteiger partial charge is 0.386 e. The summed E-state index contributed by atoms with van der Waals surface area (Å²) < 4.78 is 32.0. The van der Waals surface area contributed by atoms with Crippen LogP contribution < -0.4 is 9.62 Å². The Hall–Kier alpha value is -2.42. The summed E-state index contributed by atoms with van der Waals surface area (Å²) in [6.45, 7) is 0.669. The molecule has 0 bridgehead atoms. The van der Waals surface area contributed by atoms with Crippen LogP contribution in [0.1, 0.15) is 16.8 Å². The van der Waals surface area contributed by atoms with Gasteiger partial charge < -0.3 is 15.2 Å². The molecule has 2 aromatic rings. The number of para-hydroxylation sites is 1. The van der Waals surface area contributed by atoms with Crippen LogP contribution in [0.5, 0.6) is 0 Å². The van der Waals surface area contributed by atoms with Crippen molar-refractivity contribution in [1.29, 1.82) is 0 Å². The van der Waals surface area contributed by atoms with Crippen molar-refractivity contribution in [3.8, 4) is 0 Å². The molecule has 144 valence electrons. The predicted octanol–water partition coefficient (Wildman–Crippen LogP) is 1.39. The zero-order valence-electron chi connectivity index (χ0n) is 15.0. The molecule has 0 aromatic heterocycles. The van der Waals surface area contributed by atoms with E-state index in [-0.39, 0.29) is 23.6 Å². The van der Waals surface area contributed by atoms with Crippen molar-refractivity contribution in [3.05, 3.63) is 60.2 Å². The predicted molar refractivity (Wildman–Crippen MR) is 101 cm³/mol. The maximum atomic E-state index is 12.9. The molecule has 0 aliphatic carbocycles. The summed E-state index contributed by atoms with van der Waals surface area (Å²) in [5.41, 5.74) is -0.344. The number of aliphatic hydroxyl groups is 1. The minimum atomic E-state index is -3.81. The second-order valence-corrected chi connectivity index (χ2v) is 8.51. The molecular formula is C19H22N2O5S. The van der Waals surface area contributed by atoms with E-state index in [0.29, 0.717) is 18.7 Å². The number of carbonyl (C=O) groups excluding carboxylic acids is 1. The Morgan fingerprint density at radius 3 is 2.63 bits per heavy atom. The highest BCUT2D eigenvalue weighted by atomic mass is 32.2. The van der Waals surface area contributed by atoms with Gasteiger partial charge in [0.1, 0.15) is 5.60 Å². The van der Waals surface area contributed by atoms with Crippen LogP contribution >= 0.6 is 0 Å². The number of anilines is 1. The molecule has 1 heterocycles. The van der Waals surface area contributed by atoms with Crippen molar-refractivity contribution in [2.24, 2.45) is 0 Å². The second-order valence-electron chi connectivity index (χ2n) is 6.55. The van der Waals surface area contributed by atoms with Gasteiger partial charge in [-0.25, -0.2) is 8.42 Å². The monoisotopic (exact) mass is 390 g/mol. The normalized spacial score (nSPS) is 19.6. The Morgan fingerprint density at radius 2 is 1.96 bits per heavy atom. The molecule has 1 aliphatic rings. The number of ether oxygens (including phenoxy) is 1. The summed E-state index contributed by atoms with van der Waals surface area (Å²) in [6.07, 6.45) is 0.448. The molecule has 1 amide bonds. The summed E-state index contributed by atoms with van der Waals surface area (Å²) in [6, 6.07) is 14.5. The molecule has 8 heteroatoms. The summed E-state index contributed by atoms with van der Waals surface area (Å²) in [5.74, 6) is -0.449. The smallest absolute Gasteiger partial charge is 0.264 e. The number of benzene rings is 2. The van der Waals surface area contributed by atoms with Crippen LogP contribution in [0.25, 0.3) is 0 Å². The first kappa shape index (κ1) is 19.3. The number of sulfonamides is 1. The molecule has 2 aromatic carbocycles. The highest BCUT2D eigenvalue weighted by Crippen LogP contribution is 2.22. The van der Waals surface area contributed by atoms with Gasteiger partial charge in [-0.3, -0.25) is 9.10 Å². The van der Waals surface area contributed by atoms with Crippen molar-refractivity contribution < 1.29 is 23.1 Å². The molecule has 1 atom stereocenters. The average Bonchev–Trinajstić information content (AvgIpc) is 3.13. The van der Waals surface area contributed by atoms with Crippen molar-refractivity contribution in [3.63, 3.8) is 0 Å². The van der Waals surface area contributed by atoms with Gasteiger partial charge in [0.2, 0.25) is 0 Å². The van der Waals surface area contributed by atoms with Gasteiger partial charge in [0, 0.05) is 32.2 Å². The number of hydrogen-bond donors (Lipinski definition) is 2. The zero-order valence-corrected chi connectivity index (χ0v) is 15.8. The molecule has 0 saturated carbocycles. The van der Waals surface area contributed by atoms with Gasteiger partial charge in [-0.15, -0.1) is 0 Å². The summed E-state index contributed by atoms with van der Waals surface area (Å²) in [4.78, 5) is 12.4. The van der Waals surface area contributed by atoms with Gasteiger partial charge in [0.25, 0.3) is 15.9 Å². The fraction of sp³-hybridized carbons (Fsp3) is 0.316. The van der Waals surface area contributed by atoms with Crippen LogP contribution in [0.15, 0.2) is 59.5 Å². The summed E-state index contributed by atoms with van der Waals surface area (Å²) >= 11 is 0. The van der Waals surface area contributed by atoms with Crippen LogP contribution in [-0.4, -0.2) is 51.8 Å². The lowest BCUT2D eigenvalue weighted by Gasteiger charge is -2.21. The van der Waals surface area contributed by atoms with Crippen LogP contribution in [0.4, 0.5) is 5.69 Å². The topological polar surface area (TPSA) is 95.9 Å². The molecule has 1 fully saturated rings. The first-order valence-electron chi connectivity index (χ1n) is 8.54. The van der Waals surface area contributed by atoms with Gasteiger partial charge in [-0.2, -0.15) is 0 Å². The molecule has 1 saturated heterocycles. The lowest BCUT2D eigenvalue weighted by Crippen LogP contribution is -2.43. The van der Waals surface area contributed by atoms with Gasteiger partial charge in [-0.05, 0) is 30.3 Å². The molecule has 27 heavy (non-hydrogen) atoms. The quantitative estimate of drug-likeness (QED) is 0.777. The SMILES string of the molecule is CN(c1ccccc1)S(=O)(=O)c1cccc(C(=O)NC[C@@]2(O)CCOC2)c1. The molecular weight excluding hydrogens is 368 g/mol. The minimum absolute atomic E-state index is 0.0180. The lowest BCUT2D eigenvalue weighted by molar-refractivity contribution is 0.0264. The van der Waals surface area contributed by atoms with Crippen molar-refractivity contribution in [2.75, 3.05) is 31.1 Å². The van der Waals surface area contributed by atoms with Crippen molar-refractivity contribution >= 4 is 21.6 Å². The Balaban J connectivity index is 1.77. The number of carbonyl (C=O) groups is 1. The Labute approximate surface area is 158 Å². The van der Waals surface area contributed by atoms with Gasteiger partial charge in [0.15, 0.2) is 0 Å². The Kier molecular flexibility index (Phi) is 5.50. The highest BCUT2D eigenvalue weighted by molar-refractivity contribution is 7.92. The molecule has 2 N–H and O–H groups in total. The average molecular weight is 390 g/mol. The summed E-state index contributed by atoms with van der Waals surface area (Å²) in [5, 5.41) is 12.9. The summed E-state index contributed by atoms with van der Waals surface area (Å²) in [7, 11) is -2.34. The minimum Gasteiger partial charge on any atom is -0.386 e. The molecule has 0 radical (unpaired) electrons. The lowest BCUT2D eigenvalue weighted by atomic mass is 10.0. The third-order valence-electron chi connectivity index (χ3n) is 4.53. The number of nitrogens with one attached hydrogen (secondary N) is 1. The van der Waals surface area contributed by atoms with E-state index in [9.17, 15) is 18.3 Å². The number of rotatable bonds is 6. The van der Waals surface area contributed by atoms with E-state index in [1.807, 2.05) is 0 Å². The van der Waals surface area contributed by atoms with E-state index >= 15 is 0 Å². The van der Waals surface area contributed by atoms with Crippen LogP contribution in [0.3, 0.4) is 0 Å². The zero-order chi connectivity index (χ0) is 19.5. The molecule has 1 aliphatic heterocycles. The number of amides is 1. The van der Waals surface area contributed by atoms with Crippen molar-refractivity contribution in [2.45, 2.75) is 16.9 Å². The van der Waals surface area contributed by atoms with Gasteiger partial charge in [0.05, 0.1) is 17.2 Å². The fourth-order valence-corrected chi connectivity index (χ4v) is 4.06. The molecule has 0 spiro atoms. The van der Waals surface area contributed by atoms with Crippen molar-refractivity contribution in [1.82, 2.24) is 5.32 Å². The molecule has 3 rings (SSSR count). The third-order valence-corrected chi connectivity index (χ3v) is 6.32. The first-order valence-corrected chi connectivity index (χ1v) is 9.98. The van der Waals surface area contributed by atoms with E-state index < -0.39 is 21.5 Å². The van der Waals surface area contributed by atoms with E-state index in [1.165, 1.54) is 35.6 Å². The number of hydrogen-bond acceptors (Lipinski definition) is 5. The first-order chi connectivity index (χ1) is 12.8. The fourth-order valence-electron chi connectivity index (χ4n) is 2.82. The maximum Gasteiger partial charge on any atom is 0.264 e. The number of nitrogens with zero attached hydrogens (tertiary/aromatic N) is 1. The maximum absolute atomic E-state index is 12.9. The van der Waals surface area contributed by atoms with E-state index in [1.54, 1.807) is 30.3 Å². The van der Waals surface area contributed by atoms with Crippen LogP contribution in [-0.2, 0) is 14.8 Å². The Bertz CT molecular complexity index is 909. The van der Waals surface area contributed by atoms with Crippen LogP contribution in [0, 0.1) is 0 Å². The molecule has 7 nitrogen and oxygen atoms in total. The third kappa shape index (κ3) is 4.29. The highest BCUT2D eigenvalue weighted by Gasteiger charge is 2.32. The van der Waals surface area contributed by atoms with Crippen LogP contribution in [0.2, 0.25) is 0 Å². The standard InChI is InChI=1S/C19H22N2O5S/c1-21(16-7-3-2-4-8-16)27(24,25)17-9-5-6-15(12-17)18(22)20-13-19(23)10-11-26-14-19/h2-9,12,23H,10-11,13-14H2,1H3,(H,20,22)/t19-/m0/s1. The Morgan fingerprint density at radius 1 is 1.22 bits per heavy atom. The molecule has 0 unspecified atom stereocenters. The second kappa shape index (κ2) is 7.67. The van der Waals surface area contributed by atoms with E-state index in [4.69, 9.17) is 4.74 Å². The van der Waals surface area contributed by atoms with E-state index in [2.05, 4.69) is 5.32 Å². The van der Waals surface area contributed by atoms with Gasteiger partial charge >= 0.3 is 0 Å². The van der Waals surface area contributed by atoms with E-state index in [0.717, 1.165) is 0 Å².